The summed E-state index contributed by atoms with van der Waals surface area (Å²) in [5.41, 5.74) is 0.656. The lowest BCUT2D eigenvalue weighted by Gasteiger charge is -2.12. The minimum absolute atomic E-state index is 0.00421. The van der Waals surface area contributed by atoms with Crippen LogP contribution in [0.15, 0.2) is 18.2 Å². The summed E-state index contributed by atoms with van der Waals surface area (Å²) in [6.45, 7) is 0.0565. The van der Waals surface area contributed by atoms with Crippen molar-refractivity contribution in [2.75, 3.05) is 32.6 Å². The van der Waals surface area contributed by atoms with Crippen molar-refractivity contribution in [1.82, 2.24) is 5.32 Å². The molecule has 2 N–H and O–H groups in total. The summed E-state index contributed by atoms with van der Waals surface area (Å²) in [7, 11) is 3.11. The number of amides is 1. The van der Waals surface area contributed by atoms with Gasteiger partial charge in [-0.1, -0.05) is 0 Å². The summed E-state index contributed by atoms with van der Waals surface area (Å²) in [4.78, 5) is 11.3. The Morgan fingerprint density at radius 3 is 2.78 bits per heavy atom. The Bertz CT molecular complexity index is 454. The monoisotopic (exact) mass is 249 g/mol. The van der Waals surface area contributed by atoms with Gasteiger partial charge in [-0.3, -0.25) is 4.79 Å². The van der Waals surface area contributed by atoms with Crippen LogP contribution in [0.2, 0.25) is 0 Å². The summed E-state index contributed by atoms with van der Waals surface area (Å²) in [5, 5.41) is 13.7. The fraction of sp³-hybridized carbons (Fsp3) is 0.333. The minimum atomic E-state index is -0.263. The maximum atomic E-state index is 11.3. The molecule has 1 aromatic rings. The number of carbonyl (C=O) groups excluding carboxylic acids is 1. The molecule has 6 heteroatoms. The van der Waals surface area contributed by atoms with Crippen LogP contribution in [0.4, 0.5) is 5.69 Å². The number of rotatable bonds is 6. The molecule has 1 amide bonds. The van der Waals surface area contributed by atoms with Gasteiger partial charge in [0.25, 0.3) is 0 Å². The van der Waals surface area contributed by atoms with Crippen molar-refractivity contribution < 1.29 is 14.3 Å². The second-order valence-corrected chi connectivity index (χ2v) is 3.35. The van der Waals surface area contributed by atoms with Crippen LogP contribution in [0.3, 0.4) is 0 Å². The third-order valence-corrected chi connectivity index (χ3v) is 2.21. The molecule has 0 aliphatic rings. The largest absolute Gasteiger partial charge is 0.497 e. The predicted molar refractivity (Wildman–Crippen MR) is 66.7 cm³/mol. The van der Waals surface area contributed by atoms with E-state index in [2.05, 4.69) is 10.6 Å². The molecule has 0 bridgehead atoms. The van der Waals surface area contributed by atoms with Crippen LogP contribution in [0.5, 0.6) is 11.5 Å². The van der Waals surface area contributed by atoms with E-state index in [1.54, 1.807) is 32.4 Å². The Labute approximate surface area is 106 Å². The van der Waals surface area contributed by atoms with Crippen LogP contribution in [0, 0.1) is 11.3 Å². The summed E-state index contributed by atoms with van der Waals surface area (Å²) in [6.07, 6.45) is 0. The molecule has 0 spiro atoms. The molecule has 0 aromatic heterocycles. The third-order valence-electron chi connectivity index (χ3n) is 2.21. The summed E-state index contributed by atoms with van der Waals surface area (Å²) >= 11 is 0. The first-order valence-electron chi connectivity index (χ1n) is 5.30. The number of anilines is 1. The molecule has 18 heavy (non-hydrogen) atoms. The second kappa shape index (κ2) is 7.01. The molecule has 0 atom stereocenters. The number of methoxy groups -OCH3 is 2. The second-order valence-electron chi connectivity index (χ2n) is 3.35. The molecule has 1 rings (SSSR count). The minimum Gasteiger partial charge on any atom is -0.497 e. The molecule has 6 nitrogen and oxygen atoms in total. The average Bonchev–Trinajstić information content (AvgIpc) is 2.42. The highest BCUT2D eigenvalue weighted by atomic mass is 16.5. The molecule has 0 radical (unpaired) electrons. The molecular weight excluding hydrogens is 234 g/mol. The van der Waals surface area contributed by atoms with Crippen molar-refractivity contribution >= 4 is 11.6 Å². The third kappa shape index (κ3) is 3.87. The van der Waals surface area contributed by atoms with E-state index in [0.29, 0.717) is 17.2 Å². The predicted octanol–water partition coefficient (Wildman–Crippen LogP) is 0.755. The highest BCUT2D eigenvalue weighted by Gasteiger charge is 2.06. The number of carbonyl (C=O) groups is 1. The Morgan fingerprint density at radius 2 is 2.17 bits per heavy atom. The van der Waals surface area contributed by atoms with Gasteiger partial charge in [0.1, 0.15) is 18.0 Å². The zero-order valence-electron chi connectivity index (χ0n) is 10.3. The van der Waals surface area contributed by atoms with Crippen LogP contribution >= 0.6 is 0 Å². The summed E-state index contributed by atoms with van der Waals surface area (Å²) < 4.78 is 10.2. The van der Waals surface area contributed by atoms with Crippen molar-refractivity contribution in [3.05, 3.63) is 18.2 Å². The molecule has 0 fully saturated rings. The number of hydrogen-bond acceptors (Lipinski definition) is 5. The topological polar surface area (TPSA) is 83.4 Å². The molecule has 0 saturated heterocycles. The fourth-order valence-electron chi connectivity index (χ4n) is 1.33. The zero-order valence-corrected chi connectivity index (χ0v) is 10.3. The first-order valence-corrected chi connectivity index (χ1v) is 5.30. The molecule has 96 valence electrons. The molecule has 0 unspecified atom stereocenters. The van der Waals surface area contributed by atoms with Crippen LogP contribution in [0.25, 0.3) is 0 Å². The number of ether oxygens (including phenoxy) is 2. The van der Waals surface area contributed by atoms with Gasteiger partial charge in [-0.15, -0.1) is 0 Å². The highest BCUT2D eigenvalue weighted by molar-refractivity contribution is 5.81. The normalized spacial score (nSPS) is 9.17. The van der Waals surface area contributed by atoms with E-state index in [-0.39, 0.29) is 19.0 Å². The van der Waals surface area contributed by atoms with Crippen LogP contribution < -0.4 is 20.1 Å². The maximum Gasteiger partial charge on any atom is 0.240 e. The zero-order chi connectivity index (χ0) is 13.4. The van der Waals surface area contributed by atoms with Gasteiger partial charge in [-0.25, -0.2) is 0 Å². The van der Waals surface area contributed by atoms with E-state index in [1.807, 2.05) is 6.07 Å². The Hall–Kier alpha value is -2.42. The van der Waals surface area contributed by atoms with Crippen LogP contribution in [-0.4, -0.2) is 33.2 Å². The number of nitriles is 1. The number of benzene rings is 1. The molecule has 0 heterocycles. The molecular formula is C12H15N3O3. The standard InChI is InChI=1S/C12H15N3O3/c1-17-9-3-4-11(18-2)10(7-9)15-8-12(16)14-6-5-13/h3-4,7,15H,6,8H2,1-2H3,(H,14,16). The highest BCUT2D eigenvalue weighted by Crippen LogP contribution is 2.28. The van der Waals surface area contributed by atoms with E-state index in [1.165, 1.54) is 0 Å². The first-order chi connectivity index (χ1) is 8.71. The van der Waals surface area contributed by atoms with Gasteiger partial charge < -0.3 is 20.1 Å². The molecule has 0 saturated carbocycles. The first kappa shape index (κ1) is 13.6. The lowest BCUT2D eigenvalue weighted by Crippen LogP contribution is -2.30. The average molecular weight is 249 g/mol. The SMILES string of the molecule is COc1ccc(OC)c(NCC(=O)NCC#N)c1. The van der Waals surface area contributed by atoms with Gasteiger partial charge in [0.2, 0.25) is 5.91 Å². The van der Waals surface area contributed by atoms with E-state index in [4.69, 9.17) is 14.7 Å². The lowest BCUT2D eigenvalue weighted by atomic mass is 10.2. The van der Waals surface area contributed by atoms with Gasteiger partial charge >= 0.3 is 0 Å². The van der Waals surface area contributed by atoms with E-state index in [9.17, 15) is 4.79 Å². The van der Waals surface area contributed by atoms with Gasteiger partial charge in [-0.05, 0) is 12.1 Å². The summed E-state index contributed by atoms with van der Waals surface area (Å²) in [6, 6.07) is 7.07. The smallest absolute Gasteiger partial charge is 0.240 e. The van der Waals surface area contributed by atoms with Crippen molar-refractivity contribution in [2.24, 2.45) is 0 Å². The van der Waals surface area contributed by atoms with E-state index >= 15 is 0 Å². The quantitative estimate of drug-likeness (QED) is 0.727. The van der Waals surface area contributed by atoms with Crippen LogP contribution in [0.1, 0.15) is 0 Å². The summed E-state index contributed by atoms with van der Waals surface area (Å²) in [5.74, 6) is 1.01. The van der Waals surface area contributed by atoms with Gasteiger partial charge in [0, 0.05) is 6.07 Å². The Kier molecular flexibility index (Phi) is 5.32. The lowest BCUT2D eigenvalue weighted by molar-refractivity contribution is -0.119. The number of hydrogen-bond donors (Lipinski definition) is 2. The molecule has 0 aliphatic carbocycles. The Morgan fingerprint density at radius 1 is 1.39 bits per heavy atom. The molecule has 0 aliphatic heterocycles. The maximum absolute atomic E-state index is 11.3. The van der Waals surface area contributed by atoms with Crippen LogP contribution in [-0.2, 0) is 4.79 Å². The van der Waals surface area contributed by atoms with E-state index in [0.717, 1.165) is 0 Å². The number of nitrogens with zero attached hydrogens (tertiary/aromatic N) is 1. The molecule has 1 aromatic carbocycles. The van der Waals surface area contributed by atoms with Crippen molar-refractivity contribution in [2.45, 2.75) is 0 Å². The van der Waals surface area contributed by atoms with Gasteiger partial charge in [-0.2, -0.15) is 5.26 Å². The van der Waals surface area contributed by atoms with Gasteiger partial charge in [0.05, 0.1) is 32.5 Å². The van der Waals surface area contributed by atoms with Gasteiger partial charge in [0.15, 0.2) is 0 Å². The fourth-order valence-corrected chi connectivity index (χ4v) is 1.33. The van der Waals surface area contributed by atoms with Crippen molar-refractivity contribution in [1.29, 1.82) is 5.26 Å². The number of nitrogens with one attached hydrogen (secondary N) is 2. The Balaban J connectivity index is 2.65. The van der Waals surface area contributed by atoms with E-state index < -0.39 is 0 Å². The van der Waals surface area contributed by atoms with Crippen molar-refractivity contribution in [3.8, 4) is 17.6 Å². The van der Waals surface area contributed by atoms with Crippen molar-refractivity contribution in [3.63, 3.8) is 0 Å².